The monoisotopic (exact) mass is 204 g/mol. The molecule has 0 aliphatic rings. The highest BCUT2D eigenvalue weighted by Gasteiger charge is 2.02. The number of hydrogen-bond donors (Lipinski definition) is 1. The van der Waals surface area contributed by atoms with Gasteiger partial charge in [0.2, 0.25) is 10.0 Å². The Hall–Kier alpha value is -0.880. The third-order valence-corrected chi connectivity index (χ3v) is 2.15. The Morgan fingerprint density at radius 1 is 1.62 bits per heavy atom. The number of nitrogens with one attached hydrogen (secondary N) is 1. The topological polar surface area (TPSA) is 72.2 Å². The number of sulfonamides is 1. The molecule has 1 aromatic heterocycles. The molecule has 0 saturated heterocycles. The van der Waals surface area contributed by atoms with Gasteiger partial charge in [0.15, 0.2) is 0 Å². The Morgan fingerprint density at radius 2 is 2.31 bits per heavy atom. The molecule has 0 unspecified atom stereocenters. The van der Waals surface area contributed by atoms with Gasteiger partial charge in [-0.05, 0) is 6.92 Å². The van der Waals surface area contributed by atoms with Crippen molar-refractivity contribution in [2.75, 3.05) is 12.8 Å². The summed E-state index contributed by atoms with van der Waals surface area (Å²) in [6.07, 6.45) is 1.67. The van der Waals surface area contributed by atoms with Gasteiger partial charge in [-0.15, -0.1) is 0 Å². The quantitative estimate of drug-likeness (QED) is 0.753. The van der Waals surface area contributed by atoms with Crippen molar-refractivity contribution in [3.63, 3.8) is 0 Å². The second-order valence-corrected chi connectivity index (χ2v) is 4.68. The molecule has 0 bridgehead atoms. The van der Waals surface area contributed by atoms with Crippen LogP contribution in [0, 0.1) is 6.92 Å². The van der Waals surface area contributed by atoms with Crippen LogP contribution in [0.3, 0.4) is 0 Å². The molecule has 0 aliphatic carbocycles. The Balaban J connectivity index is 2.36. The van der Waals surface area contributed by atoms with Gasteiger partial charge in [-0.2, -0.15) is 0 Å². The van der Waals surface area contributed by atoms with Crippen LogP contribution in [0.15, 0.2) is 10.6 Å². The van der Waals surface area contributed by atoms with Crippen molar-refractivity contribution in [1.29, 1.82) is 0 Å². The lowest BCUT2D eigenvalue weighted by Gasteiger charge is -1.97. The van der Waals surface area contributed by atoms with Crippen LogP contribution in [-0.2, 0) is 16.4 Å². The molecule has 0 spiro atoms. The Kier molecular flexibility index (Phi) is 3.05. The van der Waals surface area contributed by atoms with E-state index in [9.17, 15) is 8.42 Å². The van der Waals surface area contributed by atoms with Crippen molar-refractivity contribution in [1.82, 2.24) is 9.88 Å². The normalized spacial score (nSPS) is 11.8. The molecule has 0 aromatic carbocycles. The van der Waals surface area contributed by atoms with E-state index < -0.39 is 10.0 Å². The lowest BCUT2D eigenvalue weighted by Crippen LogP contribution is -2.24. The van der Waals surface area contributed by atoms with Crippen LogP contribution in [0.5, 0.6) is 0 Å². The molecule has 13 heavy (non-hydrogen) atoms. The summed E-state index contributed by atoms with van der Waals surface area (Å²) in [6, 6.07) is 1.78. The molecule has 5 nitrogen and oxygen atoms in total. The largest absolute Gasteiger partial charge is 0.361 e. The number of hydrogen-bond acceptors (Lipinski definition) is 4. The van der Waals surface area contributed by atoms with E-state index >= 15 is 0 Å². The van der Waals surface area contributed by atoms with Crippen molar-refractivity contribution in [3.8, 4) is 0 Å². The fourth-order valence-electron chi connectivity index (χ4n) is 0.900. The van der Waals surface area contributed by atoms with Crippen molar-refractivity contribution in [2.24, 2.45) is 0 Å². The summed E-state index contributed by atoms with van der Waals surface area (Å²) >= 11 is 0. The average Bonchev–Trinajstić information content (AvgIpc) is 2.33. The second-order valence-electron chi connectivity index (χ2n) is 2.85. The van der Waals surface area contributed by atoms with Gasteiger partial charge in [0.25, 0.3) is 0 Å². The molecule has 1 N–H and O–H groups in total. The van der Waals surface area contributed by atoms with Gasteiger partial charge in [-0.3, -0.25) is 0 Å². The highest BCUT2D eigenvalue weighted by atomic mass is 32.2. The second kappa shape index (κ2) is 3.89. The van der Waals surface area contributed by atoms with E-state index in [1.54, 1.807) is 13.0 Å². The van der Waals surface area contributed by atoms with Crippen molar-refractivity contribution < 1.29 is 12.9 Å². The van der Waals surface area contributed by atoms with Crippen molar-refractivity contribution in [3.05, 3.63) is 17.5 Å². The standard InChI is InChI=1S/C7H12N2O3S/c1-6-5-7(9-12-6)3-4-8-13(2,10)11/h5,8H,3-4H2,1-2H3. The van der Waals surface area contributed by atoms with Gasteiger partial charge in [0, 0.05) is 19.0 Å². The summed E-state index contributed by atoms with van der Waals surface area (Å²) in [5.41, 5.74) is 0.758. The van der Waals surface area contributed by atoms with E-state index in [2.05, 4.69) is 9.88 Å². The van der Waals surface area contributed by atoms with Crippen molar-refractivity contribution in [2.45, 2.75) is 13.3 Å². The molecule has 1 aromatic rings. The molecule has 0 saturated carbocycles. The minimum Gasteiger partial charge on any atom is -0.361 e. The van der Waals surface area contributed by atoms with Gasteiger partial charge >= 0.3 is 0 Å². The van der Waals surface area contributed by atoms with Crippen LogP contribution >= 0.6 is 0 Å². The average molecular weight is 204 g/mol. The van der Waals surface area contributed by atoms with E-state index in [-0.39, 0.29) is 0 Å². The first-order valence-corrected chi connectivity index (χ1v) is 5.73. The maximum Gasteiger partial charge on any atom is 0.208 e. The SMILES string of the molecule is Cc1cc(CCNS(C)(=O)=O)no1. The zero-order valence-electron chi connectivity index (χ0n) is 7.57. The number of rotatable bonds is 4. The molecular formula is C7H12N2O3S. The minimum atomic E-state index is -3.10. The highest BCUT2D eigenvalue weighted by Crippen LogP contribution is 2.01. The summed E-state index contributed by atoms with van der Waals surface area (Å²) in [6.45, 7) is 2.14. The van der Waals surface area contributed by atoms with E-state index in [1.807, 2.05) is 0 Å². The predicted molar refractivity (Wildman–Crippen MR) is 47.8 cm³/mol. The summed E-state index contributed by atoms with van der Waals surface area (Å²) in [5, 5.41) is 3.73. The fourth-order valence-corrected chi connectivity index (χ4v) is 1.37. The third kappa shape index (κ3) is 4.05. The molecule has 0 amide bonds. The Labute approximate surface area is 77.2 Å². The van der Waals surface area contributed by atoms with Gasteiger partial charge in [0.1, 0.15) is 5.76 Å². The van der Waals surface area contributed by atoms with E-state index in [1.165, 1.54) is 0 Å². The first kappa shape index (κ1) is 10.2. The Morgan fingerprint density at radius 3 is 2.77 bits per heavy atom. The fraction of sp³-hybridized carbons (Fsp3) is 0.571. The lowest BCUT2D eigenvalue weighted by molar-refractivity contribution is 0.390. The van der Waals surface area contributed by atoms with Crippen LogP contribution in [-0.4, -0.2) is 26.4 Å². The van der Waals surface area contributed by atoms with Gasteiger partial charge < -0.3 is 4.52 Å². The van der Waals surface area contributed by atoms with E-state index in [0.29, 0.717) is 13.0 Å². The number of aryl methyl sites for hydroxylation is 1. The highest BCUT2D eigenvalue weighted by molar-refractivity contribution is 7.88. The van der Waals surface area contributed by atoms with Crippen molar-refractivity contribution >= 4 is 10.0 Å². The van der Waals surface area contributed by atoms with Crippen LogP contribution in [0.1, 0.15) is 11.5 Å². The summed E-state index contributed by atoms with van der Waals surface area (Å²) in [5.74, 6) is 0.731. The van der Waals surface area contributed by atoms with Gasteiger partial charge in [-0.1, -0.05) is 5.16 Å². The van der Waals surface area contributed by atoms with E-state index in [4.69, 9.17) is 4.52 Å². The number of aromatic nitrogens is 1. The molecule has 0 radical (unpaired) electrons. The smallest absolute Gasteiger partial charge is 0.208 e. The molecule has 0 aliphatic heterocycles. The minimum absolute atomic E-state index is 0.352. The van der Waals surface area contributed by atoms with Gasteiger partial charge in [-0.25, -0.2) is 13.1 Å². The number of nitrogens with zero attached hydrogens (tertiary/aromatic N) is 1. The van der Waals surface area contributed by atoms with Gasteiger partial charge in [0.05, 0.1) is 11.9 Å². The van der Waals surface area contributed by atoms with Crippen LogP contribution in [0.25, 0.3) is 0 Å². The summed E-state index contributed by atoms with van der Waals surface area (Å²) < 4.78 is 28.5. The maximum absolute atomic E-state index is 10.7. The molecule has 0 fully saturated rings. The maximum atomic E-state index is 10.7. The van der Waals surface area contributed by atoms with E-state index in [0.717, 1.165) is 17.7 Å². The third-order valence-electron chi connectivity index (χ3n) is 1.42. The molecular weight excluding hydrogens is 192 g/mol. The molecule has 6 heteroatoms. The zero-order valence-corrected chi connectivity index (χ0v) is 8.39. The zero-order chi connectivity index (χ0) is 9.90. The lowest BCUT2D eigenvalue weighted by atomic mass is 10.3. The molecule has 1 rings (SSSR count). The van der Waals surface area contributed by atoms with Crippen LogP contribution < -0.4 is 4.72 Å². The summed E-state index contributed by atoms with van der Waals surface area (Å²) in [7, 11) is -3.10. The predicted octanol–water partition coefficient (Wildman–Crippen LogP) is 0.0747. The van der Waals surface area contributed by atoms with Crippen LogP contribution in [0.4, 0.5) is 0 Å². The molecule has 1 heterocycles. The molecule has 0 atom stereocenters. The molecule has 74 valence electrons. The Bertz CT molecular complexity index is 369. The summed E-state index contributed by atoms with van der Waals surface area (Å²) in [4.78, 5) is 0. The first-order valence-electron chi connectivity index (χ1n) is 3.84. The van der Waals surface area contributed by atoms with Crippen LogP contribution in [0.2, 0.25) is 0 Å². The first-order chi connectivity index (χ1) is 5.97.